The van der Waals surface area contributed by atoms with E-state index in [1.54, 1.807) is 6.92 Å². The van der Waals surface area contributed by atoms with Gasteiger partial charge < -0.3 is 10.4 Å². The Labute approximate surface area is 85.8 Å². The molecule has 0 spiro atoms. The minimum atomic E-state index is -0.983. The van der Waals surface area contributed by atoms with Gasteiger partial charge in [-0.3, -0.25) is 4.79 Å². The van der Waals surface area contributed by atoms with E-state index in [4.69, 9.17) is 5.11 Å². The Hall–Kier alpha value is -0.580. The Morgan fingerprint density at radius 1 is 1.54 bits per heavy atom. The van der Waals surface area contributed by atoms with Crippen LogP contribution in [0.2, 0.25) is 0 Å². The van der Waals surface area contributed by atoms with E-state index in [0.717, 1.165) is 6.42 Å². The van der Waals surface area contributed by atoms with Gasteiger partial charge >= 0.3 is 5.97 Å². The van der Waals surface area contributed by atoms with E-state index in [1.165, 1.54) is 0 Å². The number of carboxylic acids is 1. The van der Waals surface area contributed by atoms with Gasteiger partial charge in [-0.25, -0.2) is 4.79 Å². The molecule has 0 saturated carbocycles. The highest BCUT2D eigenvalue weighted by Crippen LogP contribution is 2.01. The molecule has 5 heteroatoms. The average molecular weight is 252 g/mol. The molecule has 0 radical (unpaired) electrons. The van der Waals surface area contributed by atoms with Crippen molar-refractivity contribution in [2.75, 3.05) is 0 Å². The number of hydrogen-bond donors (Lipinski definition) is 2. The van der Waals surface area contributed by atoms with Crippen LogP contribution in [0.15, 0.2) is 0 Å². The highest BCUT2D eigenvalue weighted by molar-refractivity contribution is 9.10. The molecule has 0 aliphatic rings. The summed E-state index contributed by atoms with van der Waals surface area (Å²) in [5.41, 5.74) is 0. The van der Waals surface area contributed by atoms with Crippen molar-refractivity contribution < 1.29 is 14.7 Å². The molecule has 0 aromatic heterocycles. The molecule has 0 saturated heterocycles. The lowest BCUT2D eigenvalue weighted by molar-refractivity contribution is -0.141. The maximum absolute atomic E-state index is 11.1. The molecule has 0 aliphatic carbocycles. The number of rotatable bonds is 5. The Morgan fingerprint density at radius 2 is 2.08 bits per heavy atom. The SMILES string of the molecule is CCC[C@@H](NC(=O)[C@@H](C)Br)C(=O)O. The van der Waals surface area contributed by atoms with E-state index >= 15 is 0 Å². The summed E-state index contributed by atoms with van der Waals surface area (Å²) in [5, 5.41) is 11.1. The number of hydrogen-bond acceptors (Lipinski definition) is 2. The molecule has 76 valence electrons. The molecule has 2 N–H and O–H groups in total. The smallest absolute Gasteiger partial charge is 0.326 e. The standard InChI is InChI=1S/C8H14BrNO3/c1-3-4-6(8(12)13)10-7(11)5(2)9/h5-6H,3-4H2,1-2H3,(H,10,11)(H,12,13)/t5-,6-/m1/s1. The van der Waals surface area contributed by atoms with Crippen LogP contribution >= 0.6 is 15.9 Å². The van der Waals surface area contributed by atoms with Crippen molar-refractivity contribution in [2.24, 2.45) is 0 Å². The van der Waals surface area contributed by atoms with Crippen LogP contribution in [0.25, 0.3) is 0 Å². The van der Waals surface area contributed by atoms with Crippen molar-refractivity contribution >= 4 is 27.8 Å². The van der Waals surface area contributed by atoms with Gasteiger partial charge in [0.05, 0.1) is 4.83 Å². The van der Waals surface area contributed by atoms with Gasteiger partial charge in [-0.1, -0.05) is 29.3 Å². The summed E-state index contributed by atoms with van der Waals surface area (Å²) in [5.74, 6) is -1.27. The molecule has 0 fully saturated rings. The van der Waals surface area contributed by atoms with Crippen LogP contribution in [0.1, 0.15) is 26.7 Å². The number of carboxylic acid groups (broad SMARTS) is 1. The van der Waals surface area contributed by atoms with Crippen molar-refractivity contribution in [2.45, 2.75) is 37.6 Å². The molecule has 0 aromatic rings. The van der Waals surface area contributed by atoms with Crippen molar-refractivity contribution in [1.82, 2.24) is 5.32 Å². The zero-order chi connectivity index (χ0) is 10.4. The molecule has 0 aromatic carbocycles. The molecule has 0 bridgehead atoms. The third-order valence-electron chi connectivity index (χ3n) is 1.55. The van der Waals surface area contributed by atoms with Crippen LogP contribution in [0.3, 0.4) is 0 Å². The van der Waals surface area contributed by atoms with Gasteiger partial charge in [0, 0.05) is 0 Å². The third kappa shape index (κ3) is 4.87. The minimum Gasteiger partial charge on any atom is -0.480 e. The molecule has 2 atom stereocenters. The summed E-state index contributed by atoms with van der Waals surface area (Å²) in [6.45, 7) is 3.53. The number of nitrogens with one attached hydrogen (secondary N) is 1. The second kappa shape index (κ2) is 5.96. The summed E-state index contributed by atoms with van der Waals surface area (Å²) < 4.78 is 0. The lowest BCUT2D eigenvalue weighted by Crippen LogP contribution is -2.43. The Balaban J connectivity index is 4.10. The summed E-state index contributed by atoms with van der Waals surface area (Å²) in [6.07, 6.45) is 1.19. The largest absolute Gasteiger partial charge is 0.480 e. The van der Waals surface area contributed by atoms with E-state index < -0.39 is 12.0 Å². The van der Waals surface area contributed by atoms with Gasteiger partial charge in [0.1, 0.15) is 6.04 Å². The quantitative estimate of drug-likeness (QED) is 0.721. The Kier molecular flexibility index (Phi) is 5.70. The van der Waals surface area contributed by atoms with E-state index in [9.17, 15) is 9.59 Å². The van der Waals surface area contributed by atoms with Crippen LogP contribution in [-0.2, 0) is 9.59 Å². The minimum absolute atomic E-state index is 0.291. The maximum atomic E-state index is 11.1. The van der Waals surface area contributed by atoms with Crippen molar-refractivity contribution in [1.29, 1.82) is 0 Å². The first-order chi connectivity index (χ1) is 5.99. The number of amides is 1. The Bertz CT molecular complexity index is 194. The number of halogens is 1. The first-order valence-electron chi connectivity index (χ1n) is 4.16. The van der Waals surface area contributed by atoms with E-state index in [1.807, 2.05) is 6.92 Å². The zero-order valence-corrected chi connectivity index (χ0v) is 9.30. The molecule has 0 aliphatic heterocycles. The van der Waals surface area contributed by atoms with Crippen molar-refractivity contribution in [3.05, 3.63) is 0 Å². The van der Waals surface area contributed by atoms with Gasteiger partial charge in [-0.15, -0.1) is 0 Å². The van der Waals surface area contributed by atoms with Crippen LogP contribution in [-0.4, -0.2) is 27.9 Å². The highest BCUT2D eigenvalue weighted by atomic mass is 79.9. The predicted octanol–water partition coefficient (Wildman–Crippen LogP) is 1.14. The number of carbonyl (C=O) groups is 2. The van der Waals surface area contributed by atoms with Crippen LogP contribution < -0.4 is 5.32 Å². The molecular weight excluding hydrogens is 238 g/mol. The van der Waals surface area contributed by atoms with Crippen LogP contribution in [0, 0.1) is 0 Å². The van der Waals surface area contributed by atoms with E-state index in [-0.39, 0.29) is 10.7 Å². The maximum Gasteiger partial charge on any atom is 0.326 e. The predicted molar refractivity (Wildman–Crippen MR) is 52.9 cm³/mol. The molecule has 1 amide bonds. The molecule has 0 rings (SSSR count). The highest BCUT2D eigenvalue weighted by Gasteiger charge is 2.20. The normalized spacial score (nSPS) is 14.7. The molecule has 13 heavy (non-hydrogen) atoms. The number of carbonyl (C=O) groups excluding carboxylic acids is 1. The number of aliphatic carboxylic acids is 1. The van der Waals surface area contributed by atoms with Crippen LogP contribution in [0.4, 0.5) is 0 Å². The average Bonchev–Trinajstić information content (AvgIpc) is 2.03. The van der Waals surface area contributed by atoms with E-state index in [2.05, 4.69) is 21.2 Å². The van der Waals surface area contributed by atoms with Crippen LogP contribution in [0.5, 0.6) is 0 Å². The first kappa shape index (κ1) is 12.4. The lowest BCUT2D eigenvalue weighted by atomic mass is 10.1. The first-order valence-corrected chi connectivity index (χ1v) is 5.07. The molecule has 0 unspecified atom stereocenters. The fourth-order valence-electron chi connectivity index (χ4n) is 0.833. The second-order valence-corrected chi connectivity index (χ2v) is 4.18. The van der Waals surface area contributed by atoms with Crippen molar-refractivity contribution in [3.63, 3.8) is 0 Å². The van der Waals surface area contributed by atoms with Gasteiger partial charge in [-0.2, -0.15) is 0 Å². The van der Waals surface area contributed by atoms with Gasteiger partial charge in [0.15, 0.2) is 0 Å². The fraction of sp³-hybridized carbons (Fsp3) is 0.750. The second-order valence-electron chi connectivity index (χ2n) is 2.80. The lowest BCUT2D eigenvalue weighted by Gasteiger charge is -2.14. The third-order valence-corrected chi connectivity index (χ3v) is 1.97. The van der Waals surface area contributed by atoms with Crippen molar-refractivity contribution in [3.8, 4) is 0 Å². The summed E-state index contributed by atoms with van der Waals surface area (Å²) in [7, 11) is 0. The number of alkyl halides is 1. The van der Waals surface area contributed by atoms with Gasteiger partial charge in [-0.05, 0) is 13.3 Å². The topological polar surface area (TPSA) is 66.4 Å². The molecule has 4 nitrogen and oxygen atoms in total. The fourth-order valence-corrected chi connectivity index (χ4v) is 0.965. The Morgan fingerprint density at radius 3 is 2.38 bits per heavy atom. The van der Waals surface area contributed by atoms with Gasteiger partial charge in [0.2, 0.25) is 5.91 Å². The van der Waals surface area contributed by atoms with Gasteiger partial charge in [0.25, 0.3) is 0 Å². The summed E-state index contributed by atoms with van der Waals surface area (Å²) in [6, 6.07) is -0.766. The van der Waals surface area contributed by atoms with E-state index in [0.29, 0.717) is 6.42 Å². The summed E-state index contributed by atoms with van der Waals surface area (Å²) in [4.78, 5) is 21.4. The molecular formula is C8H14BrNO3. The zero-order valence-electron chi connectivity index (χ0n) is 7.71. The summed E-state index contributed by atoms with van der Waals surface area (Å²) >= 11 is 3.06. The molecule has 0 heterocycles. The monoisotopic (exact) mass is 251 g/mol.